The van der Waals surface area contributed by atoms with Crippen molar-refractivity contribution < 1.29 is 18.7 Å². The Bertz CT molecular complexity index is 355. The highest BCUT2D eigenvalue weighted by atomic mass is 19.1. The summed E-state index contributed by atoms with van der Waals surface area (Å²) in [7, 11) is 2.75. The zero-order valence-corrected chi connectivity index (χ0v) is 8.54. The average Bonchev–Trinajstić information content (AvgIpc) is 2.26. The molecule has 0 aromatic heterocycles. The van der Waals surface area contributed by atoms with Gasteiger partial charge in [-0.25, -0.2) is 4.39 Å². The summed E-state index contributed by atoms with van der Waals surface area (Å²) >= 11 is 0. The van der Waals surface area contributed by atoms with Gasteiger partial charge in [0.25, 0.3) is 0 Å². The molecule has 0 radical (unpaired) electrons. The van der Waals surface area contributed by atoms with Crippen LogP contribution >= 0.6 is 0 Å². The predicted molar refractivity (Wildman–Crippen MR) is 53.5 cm³/mol. The van der Waals surface area contributed by atoms with Crippen molar-refractivity contribution in [1.29, 1.82) is 0 Å². The highest BCUT2D eigenvalue weighted by Gasteiger charge is 2.06. The fourth-order valence-corrected chi connectivity index (χ4v) is 1.06. The minimum atomic E-state index is -0.429. The fourth-order valence-electron chi connectivity index (χ4n) is 1.06. The van der Waals surface area contributed by atoms with E-state index in [9.17, 15) is 9.18 Å². The van der Waals surface area contributed by atoms with Crippen LogP contribution in [0.1, 0.15) is 0 Å². The minimum Gasteiger partial charge on any atom is -0.495 e. The third-order valence-electron chi connectivity index (χ3n) is 1.81. The molecule has 4 nitrogen and oxygen atoms in total. The van der Waals surface area contributed by atoms with Gasteiger partial charge in [-0.15, -0.1) is 0 Å². The Morgan fingerprint density at radius 3 is 2.80 bits per heavy atom. The van der Waals surface area contributed by atoms with Gasteiger partial charge in [0.05, 0.1) is 19.9 Å². The monoisotopic (exact) mass is 213 g/mol. The molecule has 1 N–H and O–H groups in total. The molecule has 0 amide bonds. The Kier molecular flexibility index (Phi) is 3.91. The molecule has 0 aliphatic heterocycles. The summed E-state index contributed by atoms with van der Waals surface area (Å²) in [6.07, 6.45) is 0. The van der Waals surface area contributed by atoms with E-state index in [1.165, 1.54) is 32.4 Å². The molecule has 0 aliphatic rings. The Labute approximate surface area is 87.0 Å². The minimum absolute atomic E-state index is 0.0314. The van der Waals surface area contributed by atoms with Crippen LogP contribution in [-0.4, -0.2) is 26.7 Å². The van der Waals surface area contributed by atoms with Crippen LogP contribution in [0.2, 0.25) is 0 Å². The number of esters is 1. The molecule has 0 aliphatic carbocycles. The highest BCUT2D eigenvalue weighted by molar-refractivity contribution is 5.75. The second-order valence-corrected chi connectivity index (χ2v) is 2.77. The zero-order chi connectivity index (χ0) is 11.3. The molecule has 5 heteroatoms. The van der Waals surface area contributed by atoms with Crippen molar-refractivity contribution in [3.8, 4) is 5.75 Å². The summed E-state index contributed by atoms with van der Waals surface area (Å²) in [5, 5.41) is 2.72. The molecule has 0 heterocycles. The fraction of sp³-hybridized carbons (Fsp3) is 0.300. The van der Waals surface area contributed by atoms with Crippen LogP contribution in [0.25, 0.3) is 0 Å². The SMILES string of the molecule is COC(=O)CNc1cc(F)ccc1OC. The van der Waals surface area contributed by atoms with Crippen LogP contribution in [0.5, 0.6) is 5.75 Å². The molecule has 1 aromatic carbocycles. The van der Waals surface area contributed by atoms with Gasteiger partial charge in [0, 0.05) is 6.07 Å². The van der Waals surface area contributed by atoms with E-state index < -0.39 is 11.8 Å². The van der Waals surface area contributed by atoms with Crippen LogP contribution in [0.15, 0.2) is 18.2 Å². The number of methoxy groups -OCH3 is 2. The van der Waals surface area contributed by atoms with Gasteiger partial charge >= 0.3 is 5.97 Å². The third-order valence-corrected chi connectivity index (χ3v) is 1.81. The topological polar surface area (TPSA) is 47.6 Å². The molecule has 0 bridgehead atoms. The molecular weight excluding hydrogens is 201 g/mol. The maximum absolute atomic E-state index is 12.9. The number of nitrogens with one attached hydrogen (secondary N) is 1. The smallest absolute Gasteiger partial charge is 0.325 e. The van der Waals surface area contributed by atoms with Crippen molar-refractivity contribution in [1.82, 2.24) is 0 Å². The number of hydrogen-bond donors (Lipinski definition) is 1. The Morgan fingerprint density at radius 1 is 1.47 bits per heavy atom. The lowest BCUT2D eigenvalue weighted by molar-refractivity contribution is -0.138. The first-order chi connectivity index (χ1) is 7.17. The van der Waals surface area contributed by atoms with Crippen LogP contribution in [0.4, 0.5) is 10.1 Å². The number of ether oxygens (including phenoxy) is 2. The number of anilines is 1. The predicted octanol–water partition coefficient (Wildman–Crippen LogP) is 1.42. The van der Waals surface area contributed by atoms with Crippen molar-refractivity contribution in [3.63, 3.8) is 0 Å². The number of hydrogen-bond acceptors (Lipinski definition) is 4. The highest BCUT2D eigenvalue weighted by Crippen LogP contribution is 2.24. The summed E-state index contributed by atoms with van der Waals surface area (Å²) in [6.45, 7) is -0.0314. The number of rotatable bonds is 4. The van der Waals surface area contributed by atoms with Gasteiger partial charge in [-0.1, -0.05) is 0 Å². The Hall–Kier alpha value is -1.78. The van der Waals surface area contributed by atoms with Crippen molar-refractivity contribution in [2.45, 2.75) is 0 Å². The first-order valence-corrected chi connectivity index (χ1v) is 4.31. The van der Waals surface area contributed by atoms with E-state index in [0.29, 0.717) is 11.4 Å². The molecule has 1 rings (SSSR count). The van der Waals surface area contributed by atoms with Crippen LogP contribution < -0.4 is 10.1 Å². The van der Waals surface area contributed by atoms with Crippen LogP contribution in [0.3, 0.4) is 0 Å². The molecule has 0 saturated heterocycles. The zero-order valence-electron chi connectivity index (χ0n) is 8.54. The Morgan fingerprint density at radius 2 is 2.20 bits per heavy atom. The number of benzene rings is 1. The lowest BCUT2D eigenvalue weighted by atomic mass is 10.3. The van der Waals surface area contributed by atoms with E-state index in [4.69, 9.17) is 4.74 Å². The average molecular weight is 213 g/mol. The number of carbonyl (C=O) groups excluding carboxylic acids is 1. The summed E-state index contributed by atoms with van der Waals surface area (Å²) < 4.78 is 22.3. The van der Waals surface area contributed by atoms with Gasteiger partial charge in [0.15, 0.2) is 0 Å². The van der Waals surface area contributed by atoms with E-state index in [1.807, 2.05) is 0 Å². The molecule has 0 unspecified atom stereocenters. The summed E-state index contributed by atoms with van der Waals surface area (Å²) in [5.41, 5.74) is 0.419. The standard InChI is InChI=1S/C10H12FNO3/c1-14-9-4-3-7(11)5-8(9)12-6-10(13)15-2/h3-5,12H,6H2,1-2H3. The second kappa shape index (κ2) is 5.19. The van der Waals surface area contributed by atoms with Gasteiger partial charge in [0.2, 0.25) is 0 Å². The second-order valence-electron chi connectivity index (χ2n) is 2.77. The van der Waals surface area contributed by atoms with Gasteiger partial charge in [0.1, 0.15) is 18.1 Å². The molecule has 0 spiro atoms. The largest absolute Gasteiger partial charge is 0.495 e. The maximum Gasteiger partial charge on any atom is 0.325 e. The summed E-state index contributed by atoms with van der Waals surface area (Å²) in [6, 6.07) is 4.01. The summed E-state index contributed by atoms with van der Waals surface area (Å²) in [5.74, 6) is -0.357. The first-order valence-electron chi connectivity index (χ1n) is 4.31. The lowest BCUT2D eigenvalue weighted by Crippen LogP contribution is -2.15. The van der Waals surface area contributed by atoms with E-state index in [-0.39, 0.29) is 6.54 Å². The lowest BCUT2D eigenvalue weighted by Gasteiger charge is -2.09. The van der Waals surface area contributed by atoms with Gasteiger partial charge in [-0.05, 0) is 12.1 Å². The molecule has 0 fully saturated rings. The van der Waals surface area contributed by atoms with Gasteiger partial charge in [-0.2, -0.15) is 0 Å². The van der Waals surface area contributed by atoms with E-state index in [0.717, 1.165) is 0 Å². The van der Waals surface area contributed by atoms with Crippen molar-refractivity contribution in [3.05, 3.63) is 24.0 Å². The van der Waals surface area contributed by atoms with Crippen molar-refractivity contribution in [2.24, 2.45) is 0 Å². The molecule has 0 saturated carbocycles. The van der Waals surface area contributed by atoms with E-state index in [2.05, 4.69) is 10.1 Å². The van der Waals surface area contributed by atoms with Crippen molar-refractivity contribution >= 4 is 11.7 Å². The molecular formula is C10H12FNO3. The molecule has 0 atom stereocenters. The van der Waals surface area contributed by atoms with Gasteiger partial charge < -0.3 is 14.8 Å². The van der Waals surface area contributed by atoms with Crippen LogP contribution in [0, 0.1) is 5.82 Å². The van der Waals surface area contributed by atoms with Crippen molar-refractivity contribution in [2.75, 3.05) is 26.1 Å². The Balaban J connectivity index is 2.74. The number of carbonyl (C=O) groups is 1. The normalized spacial score (nSPS) is 9.53. The maximum atomic E-state index is 12.9. The van der Waals surface area contributed by atoms with Crippen LogP contribution in [-0.2, 0) is 9.53 Å². The number of halogens is 1. The molecule has 1 aromatic rings. The van der Waals surface area contributed by atoms with Gasteiger partial charge in [-0.3, -0.25) is 4.79 Å². The molecule has 15 heavy (non-hydrogen) atoms. The van der Waals surface area contributed by atoms with E-state index in [1.54, 1.807) is 0 Å². The molecule has 82 valence electrons. The third kappa shape index (κ3) is 3.12. The summed E-state index contributed by atoms with van der Waals surface area (Å²) in [4.78, 5) is 10.9. The quantitative estimate of drug-likeness (QED) is 0.768. The van der Waals surface area contributed by atoms with E-state index >= 15 is 0 Å². The first kappa shape index (κ1) is 11.3.